The second-order valence-corrected chi connectivity index (χ2v) is 6.54. The lowest BCUT2D eigenvalue weighted by molar-refractivity contribution is 0.0623. The maximum Gasteiger partial charge on any atom is 0.276 e. The topological polar surface area (TPSA) is 98.1 Å². The Balaban J connectivity index is 1.64. The van der Waals surface area contributed by atoms with Crippen molar-refractivity contribution in [1.29, 1.82) is 0 Å². The van der Waals surface area contributed by atoms with Crippen LogP contribution in [0.5, 0.6) is 0 Å². The number of aromatic nitrogens is 3. The summed E-state index contributed by atoms with van der Waals surface area (Å²) in [5.74, 6) is 0.879. The first-order valence-corrected chi connectivity index (χ1v) is 7.92. The molecule has 1 fully saturated rings. The van der Waals surface area contributed by atoms with Crippen LogP contribution in [0, 0.1) is 6.92 Å². The minimum Gasteiger partial charge on any atom is -0.368 e. The van der Waals surface area contributed by atoms with Crippen LogP contribution in [-0.4, -0.2) is 39.0 Å². The molecule has 2 aromatic rings. The molecule has 2 aliphatic rings. The summed E-state index contributed by atoms with van der Waals surface area (Å²) in [5, 5.41) is 3.85. The number of nitrogen functional groups attached to an aromatic ring is 1. The number of piperidine rings is 1. The molecule has 3 heterocycles. The van der Waals surface area contributed by atoms with E-state index in [1.807, 2.05) is 11.1 Å². The molecular weight excluding hydrogens is 294 g/mol. The van der Waals surface area contributed by atoms with Crippen LogP contribution in [0.25, 0.3) is 0 Å². The third-order valence-corrected chi connectivity index (χ3v) is 4.97. The van der Waals surface area contributed by atoms with E-state index in [9.17, 15) is 4.79 Å². The van der Waals surface area contributed by atoms with Gasteiger partial charge in [0.25, 0.3) is 5.91 Å². The summed E-state index contributed by atoms with van der Waals surface area (Å²) in [4.78, 5) is 23.1. The quantitative estimate of drug-likeness (QED) is 0.856. The van der Waals surface area contributed by atoms with E-state index in [1.165, 1.54) is 0 Å². The van der Waals surface area contributed by atoms with Crippen LogP contribution in [0.1, 0.15) is 46.8 Å². The molecule has 23 heavy (non-hydrogen) atoms. The van der Waals surface area contributed by atoms with Crippen molar-refractivity contribution < 1.29 is 9.32 Å². The van der Waals surface area contributed by atoms with Gasteiger partial charge in [0.1, 0.15) is 5.76 Å². The standard InChI is InChI=1S/C16H19N5O2/c1-10-7-12(20-23-10)14(22)21-6-2-4-16(9-21)5-3-11-8-18-15(17)19-13(11)16/h7-8H,2-6,9H2,1H3,(H2,17,18,19). The minimum atomic E-state index is -0.0981. The number of carbonyl (C=O) groups excluding carboxylic acids is 1. The summed E-state index contributed by atoms with van der Waals surface area (Å²) >= 11 is 0. The molecule has 0 radical (unpaired) electrons. The van der Waals surface area contributed by atoms with Crippen LogP contribution < -0.4 is 5.73 Å². The second-order valence-electron chi connectivity index (χ2n) is 6.54. The maximum atomic E-state index is 12.7. The number of amides is 1. The summed E-state index contributed by atoms with van der Waals surface area (Å²) < 4.78 is 5.03. The molecule has 0 saturated carbocycles. The van der Waals surface area contributed by atoms with Crippen LogP contribution in [0.3, 0.4) is 0 Å². The lowest BCUT2D eigenvalue weighted by Gasteiger charge is -2.40. The molecule has 1 atom stereocenters. The lowest BCUT2D eigenvalue weighted by atomic mass is 9.77. The average Bonchev–Trinajstić information content (AvgIpc) is 3.12. The molecular formula is C16H19N5O2. The van der Waals surface area contributed by atoms with Gasteiger partial charge >= 0.3 is 0 Å². The summed E-state index contributed by atoms with van der Waals surface area (Å²) in [6, 6.07) is 1.69. The molecule has 1 aliphatic carbocycles. The number of hydrogen-bond acceptors (Lipinski definition) is 6. The Hall–Kier alpha value is -2.44. The van der Waals surface area contributed by atoms with Gasteiger partial charge in [-0.05, 0) is 38.2 Å². The largest absolute Gasteiger partial charge is 0.368 e. The Morgan fingerprint density at radius 2 is 2.30 bits per heavy atom. The average molecular weight is 313 g/mol. The van der Waals surface area contributed by atoms with E-state index in [1.54, 1.807) is 13.0 Å². The molecule has 4 rings (SSSR count). The Labute approximate surface area is 133 Å². The van der Waals surface area contributed by atoms with Gasteiger partial charge in [0.2, 0.25) is 5.95 Å². The summed E-state index contributed by atoms with van der Waals surface area (Å²) in [5.41, 5.74) is 8.25. The summed E-state index contributed by atoms with van der Waals surface area (Å²) in [6.45, 7) is 3.18. The third-order valence-electron chi connectivity index (χ3n) is 4.97. The number of likely N-dealkylation sites (tertiary alicyclic amines) is 1. The first-order valence-electron chi connectivity index (χ1n) is 7.92. The van der Waals surface area contributed by atoms with Crippen molar-refractivity contribution in [3.05, 3.63) is 35.0 Å². The number of hydrogen-bond donors (Lipinski definition) is 1. The SMILES string of the molecule is Cc1cc(C(=O)N2CCCC3(CCc4cnc(N)nc43)C2)no1. The van der Waals surface area contributed by atoms with Gasteiger partial charge in [0.05, 0.1) is 5.69 Å². The van der Waals surface area contributed by atoms with E-state index in [0.29, 0.717) is 23.9 Å². The molecule has 2 N–H and O–H groups in total. The fraction of sp³-hybridized carbons (Fsp3) is 0.500. The number of rotatable bonds is 1. The predicted molar refractivity (Wildman–Crippen MR) is 82.8 cm³/mol. The first kappa shape index (κ1) is 14.2. The Morgan fingerprint density at radius 1 is 1.43 bits per heavy atom. The van der Waals surface area contributed by atoms with Gasteiger partial charge in [-0.15, -0.1) is 0 Å². The second kappa shape index (κ2) is 5.04. The number of aryl methyl sites for hydroxylation is 2. The molecule has 1 amide bonds. The highest BCUT2D eigenvalue weighted by atomic mass is 16.5. The highest BCUT2D eigenvalue weighted by Crippen LogP contribution is 2.44. The zero-order valence-electron chi connectivity index (χ0n) is 13.1. The van der Waals surface area contributed by atoms with E-state index < -0.39 is 0 Å². The van der Waals surface area contributed by atoms with Crippen LogP contribution in [0.4, 0.5) is 5.95 Å². The molecule has 120 valence electrons. The van der Waals surface area contributed by atoms with Gasteiger partial charge in [0.15, 0.2) is 5.69 Å². The fourth-order valence-electron chi connectivity index (χ4n) is 3.89. The number of anilines is 1. The minimum absolute atomic E-state index is 0.0728. The first-order chi connectivity index (χ1) is 11.1. The Kier molecular flexibility index (Phi) is 3.11. The van der Waals surface area contributed by atoms with Gasteiger partial charge in [-0.2, -0.15) is 0 Å². The highest BCUT2D eigenvalue weighted by molar-refractivity contribution is 5.92. The number of nitrogens with two attached hydrogens (primary N) is 1. The van der Waals surface area contributed by atoms with E-state index in [-0.39, 0.29) is 11.3 Å². The molecule has 1 aliphatic heterocycles. The van der Waals surface area contributed by atoms with Crippen molar-refractivity contribution in [1.82, 2.24) is 20.0 Å². The van der Waals surface area contributed by atoms with Gasteiger partial charge in [-0.1, -0.05) is 5.16 Å². The zero-order chi connectivity index (χ0) is 16.0. The predicted octanol–water partition coefficient (Wildman–Crippen LogP) is 1.48. The van der Waals surface area contributed by atoms with Crippen molar-refractivity contribution in [2.75, 3.05) is 18.8 Å². The molecule has 1 unspecified atom stereocenters. The molecule has 0 aromatic carbocycles. The van der Waals surface area contributed by atoms with Crippen molar-refractivity contribution in [2.24, 2.45) is 0 Å². The van der Waals surface area contributed by atoms with Gasteiger partial charge in [-0.25, -0.2) is 9.97 Å². The van der Waals surface area contributed by atoms with Gasteiger partial charge in [0, 0.05) is 30.8 Å². The molecule has 7 nitrogen and oxygen atoms in total. The smallest absolute Gasteiger partial charge is 0.276 e. The van der Waals surface area contributed by atoms with Crippen LogP contribution in [0.2, 0.25) is 0 Å². The third kappa shape index (κ3) is 2.27. The molecule has 2 aromatic heterocycles. The van der Waals surface area contributed by atoms with E-state index in [4.69, 9.17) is 10.3 Å². The van der Waals surface area contributed by atoms with Crippen LogP contribution in [0.15, 0.2) is 16.8 Å². The van der Waals surface area contributed by atoms with Gasteiger partial charge < -0.3 is 15.2 Å². The van der Waals surface area contributed by atoms with E-state index in [0.717, 1.165) is 43.5 Å². The van der Waals surface area contributed by atoms with E-state index >= 15 is 0 Å². The molecule has 0 bridgehead atoms. The van der Waals surface area contributed by atoms with Crippen molar-refractivity contribution >= 4 is 11.9 Å². The number of carbonyl (C=O) groups is 1. The highest BCUT2D eigenvalue weighted by Gasteiger charge is 2.45. The van der Waals surface area contributed by atoms with Crippen LogP contribution in [-0.2, 0) is 11.8 Å². The molecule has 1 spiro atoms. The normalized spacial score (nSPS) is 23.3. The zero-order valence-corrected chi connectivity index (χ0v) is 13.1. The molecule has 7 heteroatoms. The Morgan fingerprint density at radius 3 is 3.09 bits per heavy atom. The lowest BCUT2D eigenvalue weighted by Crippen LogP contribution is -2.48. The van der Waals surface area contributed by atoms with Gasteiger partial charge in [-0.3, -0.25) is 4.79 Å². The maximum absolute atomic E-state index is 12.7. The van der Waals surface area contributed by atoms with Crippen molar-refractivity contribution in [2.45, 2.75) is 38.0 Å². The van der Waals surface area contributed by atoms with E-state index in [2.05, 4.69) is 15.1 Å². The number of fused-ring (bicyclic) bond motifs is 2. The Bertz CT molecular complexity index is 768. The van der Waals surface area contributed by atoms with Crippen molar-refractivity contribution in [3.63, 3.8) is 0 Å². The van der Waals surface area contributed by atoms with Crippen molar-refractivity contribution in [3.8, 4) is 0 Å². The summed E-state index contributed by atoms with van der Waals surface area (Å²) in [7, 11) is 0. The number of nitrogens with zero attached hydrogens (tertiary/aromatic N) is 4. The van der Waals surface area contributed by atoms with Crippen LogP contribution >= 0.6 is 0 Å². The fourth-order valence-corrected chi connectivity index (χ4v) is 3.89. The monoisotopic (exact) mass is 313 g/mol. The molecule has 1 saturated heterocycles. The summed E-state index contributed by atoms with van der Waals surface area (Å²) in [6.07, 6.45) is 5.74.